The van der Waals surface area contributed by atoms with Gasteiger partial charge in [-0.1, -0.05) is 49.4 Å². The minimum atomic E-state index is 0.539. The van der Waals surface area contributed by atoms with Crippen molar-refractivity contribution in [2.75, 3.05) is 26.7 Å². The maximum Gasteiger partial charge on any atom is 0.137 e. The van der Waals surface area contributed by atoms with Crippen molar-refractivity contribution < 1.29 is 4.84 Å². The Bertz CT molecular complexity index is 886. The molecule has 5 heteroatoms. The molecule has 5 nitrogen and oxygen atoms in total. The lowest BCUT2D eigenvalue weighted by Crippen LogP contribution is -2.33. The molecule has 2 aliphatic rings. The molecule has 0 aliphatic carbocycles. The number of benzene rings is 1. The summed E-state index contributed by atoms with van der Waals surface area (Å²) < 4.78 is 0. The van der Waals surface area contributed by atoms with Crippen molar-refractivity contribution in [2.24, 2.45) is 15.9 Å². The fourth-order valence-corrected chi connectivity index (χ4v) is 3.97. The van der Waals surface area contributed by atoms with Crippen molar-refractivity contribution in [3.05, 3.63) is 65.3 Å². The molecule has 0 spiro atoms. The maximum absolute atomic E-state index is 5.39. The Balaban J connectivity index is 1.81. The molecule has 1 saturated heterocycles. The summed E-state index contributed by atoms with van der Waals surface area (Å²) in [4.78, 5) is 14.7. The Labute approximate surface area is 180 Å². The first kappa shape index (κ1) is 22.2. The standard InChI is InChI=1S/C25H34N4O/c1-6-8-23(21-11-13-29(30-5)14-12-21)16-24-17-26-20(4)28-25(24)27-19(3)22-10-7-9-18(2)15-22/h7-10,15-16,21H,3,6,11-14,17H2,1-2,4-5H3,(H,26,27,28)/b23-8+,24-16+. The van der Waals surface area contributed by atoms with E-state index in [-0.39, 0.29) is 0 Å². The van der Waals surface area contributed by atoms with E-state index in [9.17, 15) is 0 Å². The highest BCUT2D eigenvalue weighted by molar-refractivity contribution is 6.10. The van der Waals surface area contributed by atoms with Gasteiger partial charge in [-0.05, 0) is 56.2 Å². The maximum atomic E-state index is 5.39. The third kappa shape index (κ3) is 5.77. The Morgan fingerprint density at radius 1 is 1.30 bits per heavy atom. The summed E-state index contributed by atoms with van der Waals surface area (Å²) >= 11 is 0. The summed E-state index contributed by atoms with van der Waals surface area (Å²) in [7, 11) is 1.75. The normalized spacial score (nSPS) is 20.1. The van der Waals surface area contributed by atoms with Crippen LogP contribution in [0.2, 0.25) is 0 Å². The van der Waals surface area contributed by atoms with Crippen LogP contribution in [0.25, 0.3) is 5.70 Å². The molecule has 160 valence electrons. The molecule has 1 aromatic rings. The van der Waals surface area contributed by atoms with Gasteiger partial charge in [-0.25, -0.2) is 4.99 Å². The Morgan fingerprint density at radius 3 is 2.73 bits per heavy atom. The lowest BCUT2D eigenvalue weighted by Gasteiger charge is -2.31. The number of aryl methyl sites for hydroxylation is 1. The molecule has 0 aromatic heterocycles. The number of nitrogens with one attached hydrogen (secondary N) is 1. The first-order valence-corrected chi connectivity index (χ1v) is 10.8. The topological polar surface area (TPSA) is 49.2 Å². The van der Waals surface area contributed by atoms with Crippen molar-refractivity contribution in [3.63, 3.8) is 0 Å². The van der Waals surface area contributed by atoms with E-state index in [2.05, 4.69) is 67.2 Å². The van der Waals surface area contributed by atoms with E-state index in [4.69, 9.17) is 9.83 Å². The second kappa shape index (κ2) is 10.5. The Morgan fingerprint density at radius 2 is 2.07 bits per heavy atom. The Kier molecular flexibility index (Phi) is 7.77. The zero-order valence-electron chi connectivity index (χ0n) is 18.7. The summed E-state index contributed by atoms with van der Waals surface area (Å²) in [6.07, 6.45) is 7.85. The fraction of sp³-hybridized carbons (Fsp3) is 0.440. The monoisotopic (exact) mass is 406 g/mol. The smallest absolute Gasteiger partial charge is 0.137 e. The van der Waals surface area contributed by atoms with Crippen LogP contribution < -0.4 is 5.32 Å². The van der Waals surface area contributed by atoms with Gasteiger partial charge in [0, 0.05) is 24.4 Å². The van der Waals surface area contributed by atoms with E-state index < -0.39 is 0 Å². The van der Waals surface area contributed by atoms with Gasteiger partial charge in [-0.2, -0.15) is 5.06 Å². The molecular weight excluding hydrogens is 372 g/mol. The van der Waals surface area contributed by atoms with Gasteiger partial charge in [0.15, 0.2) is 0 Å². The van der Waals surface area contributed by atoms with Crippen LogP contribution in [0.4, 0.5) is 0 Å². The SMILES string of the molecule is C=C(NC1=NC(C)=NC/C1=C\C(=C/CC)C1CCN(OC)CC1)c1cccc(C)c1. The summed E-state index contributed by atoms with van der Waals surface area (Å²) in [6, 6.07) is 8.35. The summed E-state index contributed by atoms with van der Waals surface area (Å²) in [5.41, 5.74) is 5.64. The number of nitrogens with zero attached hydrogens (tertiary/aromatic N) is 3. The molecule has 30 heavy (non-hydrogen) atoms. The largest absolute Gasteiger partial charge is 0.340 e. The second-order valence-corrected chi connectivity index (χ2v) is 7.96. The summed E-state index contributed by atoms with van der Waals surface area (Å²) in [5, 5.41) is 5.50. The van der Waals surface area contributed by atoms with E-state index >= 15 is 0 Å². The number of rotatable bonds is 6. The van der Waals surface area contributed by atoms with Gasteiger partial charge in [0.2, 0.25) is 0 Å². The fourth-order valence-electron chi connectivity index (χ4n) is 3.97. The van der Waals surface area contributed by atoms with Gasteiger partial charge in [-0.3, -0.25) is 4.99 Å². The summed E-state index contributed by atoms with van der Waals surface area (Å²) in [6.45, 7) is 13.0. The van der Waals surface area contributed by atoms with Gasteiger partial charge in [0.1, 0.15) is 11.7 Å². The average Bonchev–Trinajstić information content (AvgIpc) is 2.75. The van der Waals surface area contributed by atoms with Gasteiger partial charge >= 0.3 is 0 Å². The van der Waals surface area contributed by atoms with E-state index in [1.165, 1.54) is 11.1 Å². The van der Waals surface area contributed by atoms with E-state index in [1.54, 1.807) is 7.11 Å². The third-order valence-corrected chi connectivity index (χ3v) is 5.66. The molecule has 0 saturated carbocycles. The van der Waals surface area contributed by atoms with Crippen LogP contribution in [-0.4, -0.2) is 43.5 Å². The molecule has 1 fully saturated rings. The van der Waals surface area contributed by atoms with Gasteiger partial charge in [0.05, 0.1) is 13.7 Å². The van der Waals surface area contributed by atoms with Crippen molar-refractivity contribution in [1.29, 1.82) is 0 Å². The van der Waals surface area contributed by atoms with Crippen molar-refractivity contribution in [3.8, 4) is 0 Å². The van der Waals surface area contributed by atoms with Crippen LogP contribution in [0.15, 0.2) is 64.1 Å². The molecule has 1 aromatic carbocycles. The second-order valence-electron chi connectivity index (χ2n) is 7.96. The van der Waals surface area contributed by atoms with Crippen molar-refractivity contribution in [1.82, 2.24) is 10.4 Å². The minimum absolute atomic E-state index is 0.539. The number of hydrogen-bond acceptors (Lipinski definition) is 5. The number of hydrogen-bond donors (Lipinski definition) is 1. The zero-order chi connectivity index (χ0) is 21.5. The molecule has 0 unspecified atom stereocenters. The van der Waals surface area contributed by atoms with E-state index in [1.807, 2.05) is 12.0 Å². The summed E-state index contributed by atoms with van der Waals surface area (Å²) in [5.74, 6) is 2.18. The number of piperidine rings is 1. The van der Waals surface area contributed by atoms with Gasteiger partial charge in [-0.15, -0.1) is 0 Å². The molecule has 0 radical (unpaired) electrons. The number of aliphatic imine (C=N–C) groups is 2. The molecule has 0 amide bonds. The molecular formula is C25H34N4O. The van der Waals surface area contributed by atoms with E-state index in [0.29, 0.717) is 12.5 Å². The molecule has 2 aliphatic heterocycles. The number of allylic oxidation sites excluding steroid dienone is 3. The lowest BCUT2D eigenvalue weighted by atomic mass is 9.87. The Hall–Kier alpha value is -2.50. The van der Waals surface area contributed by atoms with Crippen LogP contribution in [0.5, 0.6) is 0 Å². The molecule has 0 atom stereocenters. The quantitative estimate of drug-likeness (QED) is 0.729. The van der Waals surface area contributed by atoms with Crippen molar-refractivity contribution in [2.45, 2.75) is 40.0 Å². The van der Waals surface area contributed by atoms with Crippen LogP contribution in [0.3, 0.4) is 0 Å². The first-order valence-electron chi connectivity index (χ1n) is 10.8. The average molecular weight is 407 g/mol. The third-order valence-electron chi connectivity index (χ3n) is 5.66. The molecule has 3 rings (SSSR count). The highest BCUT2D eigenvalue weighted by atomic mass is 16.7. The van der Waals surface area contributed by atoms with Crippen LogP contribution >= 0.6 is 0 Å². The van der Waals surface area contributed by atoms with Gasteiger partial charge in [0.25, 0.3) is 0 Å². The highest BCUT2D eigenvalue weighted by Crippen LogP contribution is 2.27. The first-order chi connectivity index (χ1) is 14.5. The van der Waals surface area contributed by atoms with Crippen molar-refractivity contribution >= 4 is 17.4 Å². The molecule has 1 N–H and O–H groups in total. The lowest BCUT2D eigenvalue weighted by molar-refractivity contribution is -0.145. The highest BCUT2D eigenvalue weighted by Gasteiger charge is 2.23. The molecule has 0 bridgehead atoms. The van der Waals surface area contributed by atoms with Crippen LogP contribution in [-0.2, 0) is 4.84 Å². The predicted octanol–water partition coefficient (Wildman–Crippen LogP) is 4.92. The van der Waals surface area contributed by atoms with Crippen LogP contribution in [0, 0.1) is 12.8 Å². The van der Waals surface area contributed by atoms with Crippen LogP contribution in [0.1, 0.15) is 44.2 Å². The van der Waals surface area contributed by atoms with Gasteiger partial charge < -0.3 is 10.2 Å². The predicted molar refractivity (Wildman–Crippen MR) is 127 cm³/mol. The number of hydroxylamine groups is 2. The minimum Gasteiger partial charge on any atom is -0.340 e. The van der Waals surface area contributed by atoms with E-state index in [0.717, 1.165) is 60.9 Å². The number of amidine groups is 2. The molecule has 2 heterocycles. The zero-order valence-corrected chi connectivity index (χ0v) is 18.7.